The van der Waals surface area contributed by atoms with E-state index in [1.54, 1.807) is 30.6 Å². The van der Waals surface area contributed by atoms with Crippen LogP contribution < -0.4 is 10.5 Å². The average Bonchev–Trinajstić information content (AvgIpc) is 2.31. The van der Waals surface area contributed by atoms with E-state index >= 15 is 0 Å². The van der Waals surface area contributed by atoms with Gasteiger partial charge in [0, 0.05) is 12.4 Å². The minimum atomic E-state index is -0.0582. The van der Waals surface area contributed by atoms with Gasteiger partial charge in [-0.25, -0.2) is 4.98 Å². The fourth-order valence-electron chi connectivity index (χ4n) is 1.62. The molecule has 0 radical (unpaired) electrons. The lowest BCUT2D eigenvalue weighted by Crippen LogP contribution is -2.15. The number of ether oxygens (including phenoxy) is 1. The molecule has 0 atom stereocenters. The van der Waals surface area contributed by atoms with Crippen LogP contribution in [0, 0.1) is 19.3 Å². The van der Waals surface area contributed by atoms with Crippen LogP contribution >= 0.6 is 0 Å². The Morgan fingerprint density at radius 1 is 1.22 bits per heavy atom. The van der Waals surface area contributed by atoms with E-state index in [1.165, 1.54) is 0 Å². The number of pyridine rings is 2. The Labute approximate surface area is 105 Å². The lowest BCUT2D eigenvalue weighted by atomic mass is 10.1. The van der Waals surface area contributed by atoms with Gasteiger partial charge in [-0.15, -0.1) is 0 Å². The summed E-state index contributed by atoms with van der Waals surface area (Å²) >= 11 is 0. The fraction of sp³-hybridized carbons (Fsp3) is 0.154. The van der Waals surface area contributed by atoms with Crippen molar-refractivity contribution in [2.75, 3.05) is 0 Å². The van der Waals surface area contributed by atoms with Crippen LogP contribution in [0.2, 0.25) is 0 Å². The van der Waals surface area contributed by atoms with Gasteiger partial charge in [-0.1, -0.05) is 0 Å². The number of rotatable bonds is 3. The Balaban J connectivity index is 2.44. The average molecular weight is 242 g/mol. The fourth-order valence-corrected chi connectivity index (χ4v) is 1.62. The third kappa shape index (κ3) is 2.29. The number of nitrogens with one attached hydrogen (secondary N) is 1. The first-order chi connectivity index (χ1) is 8.59. The van der Waals surface area contributed by atoms with E-state index in [0.29, 0.717) is 17.2 Å². The molecule has 0 aliphatic heterocycles. The van der Waals surface area contributed by atoms with E-state index in [1.807, 2.05) is 13.8 Å². The van der Waals surface area contributed by atoms with Gasteiger partial charge in [0.2, 0.25) is 5.88 Å². The van der Waals surface area contributed by atoms with Crippen molar-refractivity contribution < 1.29 is 4.74 Å². The lowest BCUT2D eigenvalue weighted by molar-refractivity contribution is 0.455. The molecule has 0 aliphatic carbocycles. The molecule has 92 valence electrons. The van der Waals surface area contributed by atoms with Crippen LogP contribution in [0.5, 0.6) is 11.6 Å². The highest BCUT2D eigenvalue weighted by Crippen LogP contribution is 2.26. The van der Waals surface area contributed by atoms with Crippen molar-refractivity contribution in [1.29, 1.82) is 5.41 Å². The molecule has 2 aromatic rings. The summed E-state index contributed by atoms with van der Waals surface area (Å²) in [4.78, 5) is 8.26. The Kier molecular flexibility index (Phi) is 3.23. The van der Waals surface area contributed by atoms with Crippen LogP contribution in [-0.2, 0) is 0 Å². The second-order valence-electron chi connectivity index (χ2n) is 3.91. The highest BCUT2D eigenvalue weighted by Gasteiger charge is 2.13. The monoisotopic (exact) mass is 242 g/mol. The summed E-state index contributed by atoms with van der Waals surface area (Å²) in [5.74, 6) is 0.883. The topological polar surface area (TPSA) is 84.9 Å². The van der Waals surface area contributed by atoms with E-state index in [-0.39, 0.29) is 5.84 Å². The van der Waals surface area contributed by atoms with Crippen molar-refractivity contribution in [3.63, 3.8) is 0 Å². The van der Waals surface area contributed by atoms with Crippen molar-refractivity contribution in [2.24, 2.45) is 5.73 Å². The Bertz CT molecular complexity index is 595. The smallest absolute Gasteiger partial charge is 0.230 e. The summed E-state index contributed by atoms with van der Waals surface area (Å²) in [7, 11) is 0. The molecule has 2 aromatic heterocycles. The molecule has 3 N–H and O–H groups in total. The van der Waals surface area contributed by atoms with Crippen LogP contribution in [0.15, 0.2) is 30.6 Å². The maximum atomic E-state index is 7.58. The second-order valence-corrected chi connectivity index (χ2v) is 3.91. The van der Waals surface area contributed by atoms with Crippen LogP contribution in [-0.4, -0.2) is 15.8 Å². The summed E-state index contributed by atoms with van der Waals surface area (Å²) in [5.41, 5.74) is 7.68. The number of nitrogen functional groups attached to an aromatic ring is 1. The third-order valence-electron chi connectivity index (χ3n) is 2.56. The first kappa shape index (κ1) is 12.0. The zero-order valence-corrected chi connectivity index (χ0v) is 10.3. The molecule has 5 nitrogen and oxygen atoms in total. The maximum absolute atomic E-state index is 7.58. The van der Waals surface area contributed by atoms with E-state index in [0.717, 1.165) is 11.3 Å². The number of amidine groups is 1. The van der Waals surface area contributed by atoms with Crippen molar-refractivity contribution in [2.45, 2.75) is 13.8 Å². The number of hydrogen-bond acceptors (Lipinski definition) is 4. The molecule has 0 amide bonds. The lowest BCUT2D eigenvalue weighted by Gasteiger charge is -2.12. The van der Waals surface area contributed by atoms with Gasteiger partial charge in [-0.05, 0) is 37.6 Å². The molecule has 0 aromatic carbocycles. The highest BCUT2D eigenvalue weighted by atomic mass is 16.5. The standard InChI is InChI=1S/C13H14N4O/c1-8-5-7-17-13(11(8)12(14)15)18-10-4-3-6-16-9(10)2/h3-7H,1-2H3,(H3,14,15). The third-order valence-corrected chi connectivity index (χ3v) is 2.56. The van der Waals surface area contributed by atoms with Crippen LogP contribution in [0.1, 0.15) is 16.8 Å². The van der Waals surface area contributed by atoms with Gasteiger partial charge < -0.3 is 10.5 Å². The molecular weight excluding hydrogens is 228 g/mol. The van der Waals surface area contributed by atoms with E-state index in [4.69, 9.17) is 15.9 Å². The molecule has 2 rings (SSSR count). The van der Waals surface area contributed by atoms with Crippen LogP contribution in [0.25, 0.3) is 0 Å². The van der Waals surface area contributed by atoms with Gasteiger partial charge in [-0.2, -0.15) is 0 Å². The van der Waals surface area contributed by atoms with Crippen LogP contribution in [0.3, 0.4) is 0 Å². The van der Waals surface area contributed by atoms with Crippen molar-refractivity contribution in [3.05, 3.63) is 47.4 Å². The molecule has 0 aliphatic rings. The van der Waals surface area contributed by atoms with Gasteiger partial charge in [0.1, 0.15) is 5.84 Å². The normalized spacial score (nSPS) is 10.1. The van der Waals surface area contributed by atoms with Crippen molar-refractivity contribution in [1.82, 2.24) is 9.97 Å². The molecule has 0 spiro atoms. The van der Waals surface area contributed by atoms with Crippen LogP contribution in [0.4, 0.5) is 0 Å². The summed E-state index contributed by atoms with van der Waals surface area (Å²) in [6.45, 7) is 3.71. The first-order valence-corrected chi connectivity index (χ1v) is 5.49. The van der Waals surface area contributed by atoms with E-state index in [9.17, 15) is 0 Å². The maximum Gasteiger partial charge on any atom is 0.230 e. The summed E-state index contributed by atoms with van der Waals surface area (Å²) in [6, 6.07) is 5.38. The summed E-state index contributed by atoms with van der Waals surface area (Å²) < 4.78 is 5.69. The molecule has 0 saturated heterocycles. The molecule has 2 heterocycles. The Morgan fingerprint density at radius 2 is 2.00 bits per heavy atom. The predicted octanol–water partition coefficient (Wildman–Crippen LogP) is 2.17. The number of nitrogens with zero attached hydrogens (tertiary/aromatic N) is 2. The molecule has 0 fully saturated rings. The molecule has 0 unspecified atom stereocenters. The zero-order valence-electron chi connectivity index (χ0n) is 10.3. The Morgan fingerprint density at radius 3 is 2.67 bits per heavy atom. The highest BCUT2D eigenvalue weighted by molar-refractivity contribution is 5.98. The van der Waals surface area contributed by atoms with Crippen molar-refractivity contribution in [3.8, 4) is 11.6 Å². The van der Waals surface area contributed by atoms with Crippen molar-refractivity contribution >= 4 is 5.84 Å². The minimum absolute atomic E-state index is 0.0582. The molecule has 5 heteroatoms. The quantitative estimate of drug-likeness (QED) is 0.638. The van der Waals surface area contributed by atoms with Gasteiger partial charge in [0.15, 0.2) is 5.75 Å². The zero-order chi connectivity index (χ0) is 13.1. The summed E-state index contributed by atoms with van der Waals surface area (Å²) in [6.07, 6.45) is 3.32. The summed E-state index contributed by atoms with van der Waals surface area (Å²) in [5, 5.41) is 7.58. The molecular formula is C13H14N4O. The largest absolute Gasteiger partial charge is 0.436 e. The second kappa shape index (κ2) is 4.83. The van der Waals surface area contributed by atoms with E-state index < -0.39 is 0 Å². The number of hydrogen-bond donors (Lipinski definition) is 2. The SMILES string of the molecule is Cc1ccnc(Oc2cccnc2C)c1C(=N)N. The molecule has 0 bridgehead atoms. The number of nitrogens with two attached hydrogens (primary N) is 1. The number of aryl methyl sites for hydroxylation is 2. The Hall–Kier alpha value is -2.43. The predicted molar refractivity (Wildman–Crippen MR) is 69.0 cm³/mol. The van der Waals surface area contributed by atoms with E-state index in [2.05, 4.69) is 9.97 Å². The molecule has 0 saturated carbocycles. The van der Waals surface area contributed by atoms with Gasteiger partial charge in [0.25, 0.3) is 0 Å². The number of aromatic nitrogens is 2. The van der Waals surface area contributed by atoms with Gasteiger partial charge >= 0.3 is 0 Å². The first-order valence-electron chi connectivity index (χ1n) is 5.49. The molecule has 18 heavy (non-hydrogen) atoms. The van der Waals surface area contributed by atoms with Gasteiger partial charge in [0.05, 0.1) is 11.3 Å². The van der Waals surface area contributed by atoms with Gasteiger partial charge in [-0.3, -0.25) is 10.4 Å². The minimum Gasteiger partial charge on any atom is -0.436 e.